The fraction of sp³-hybridized carbons (Fsp3) is 0.121. The van der Waals surface area contributed by atoms with Crippen molar-refractivity contribution >= 4 is 77.0 Å². The van der Waals surface area contributed by atoms with Crippen molar-refractivity contribution in [1.29, 1.82) is 0 Å². The standard InChI is InChI=1S/C33H29ClN8O8S2.Cu.Na.O3S/c1-2-16-51(46,47)22-14-12-20(13-15-22)17-28-36-32(34)38-33(37-28)35-26-18-23(52(48,49)50)19-27(29(26)43)40-42-30(21-8-4-3-5-9-21)41-39-25-11-7-6-10-24(25)31(44)45;;;1-4(2)3/h3-15,18-19,40,43H,2,16-17H2,1H3,(H,44,45)(H,48,49,50)(H,35,36,37,38);;;/q;2*+1;/p-1. The summed E-state index contributed by atoms with van der Waals surface area (Å²) >= 11 is 6.15. The summed E-state index contributed by atoms with van der Waals surface area (Å²) in [5.74, 6) is -2.01. The van der Waals surface area contributed by atoms with Crippen molar-refractivity contribution in [3.63, 3.8) is 0 Å². The molecule has 302 valence electrons. The van der Waals surface area contributed by atoms with Crippen LogP contribution in [-0.4, -0.2) is 76.7 Å². The summed E-state index contributed by atoms with van der Waals surface area (Å²) in [5.41, 5.74) is 2.78. The first kappa shape index (κ1) is 49.5. The van der Waals surface area contributed by atoms with Gasteiger partial charge in [0.2, 0.25) is 17.1 Å². The molecular weight excluding hydrogens is 903 g/mol. The molecule has 0 amide bonds. The Kier molecular flexibility index (Phi) is 19.2. The molecule has 58 heavy (non-hydrogen) atoms. The molecule has 1 heterocycles. The SMILES string of the molecule is CCCS(=O)(=O)c1ccc(Cc2nc(Cl)nc(Nc3cc(S(=O)(=O)[O-])cc(NN=C(N=Nc4ccccc4C(=O)O)c4ccccc4)c3O)n2)cc1.O=S(=O)=O.[Cu+].[Na+]. The zero-order valence-electron chi connectivity index (χ0n) is 29.9. The number of hydrogen-bond acceptors (Lipinski definition) is 17. The quantitative estimate of drug-likeness (QED) is 0.0249. The van der Waals surface area contributed by atoms with Crippen LogP contribution in [0.3, 0.4) is 0 Å². The third kappa shape index (κ3) is 14.6. The first-order valence-electron chi connectivity index (χ1n) is 15.7. The number of anilines is 3. The maximum Gasteiger partial charge on any atom is 1.00 e. The summed E-state index contributed by atoms with van der Waals surface area (Å²) in [6.07, 6.45) is 0.570. The molecule has 0 unspecified atom stereocenters. The van der Waals surface area contributed by atoms with Gasteiger partial charge in [0.25, 0.3) is 0 Å². The van der Waals surface area contributed by atoms with Crippen LogP contribution < -0.4 is 40.3 Å². The van der Waals surface area contributed by atoms with Crippen molar-refractivity contribution in [3.8, 4) is 5.75 Å². The van der Waals surface area contributed by atoms with Crippen molar-refractivity contribution in [1.82, 2.24) is 15.0 Å². The van der Waals surface area contributed by atoms with Gasteiger partial charge in [-0.3, -0.25) is 5.43 Å². The molecule has 0 atom stereocenters. The second-order valence-corrected chi connectivity index (χ2v) is 15.3. The predicted molar refractivity (Wildman–Crippen MR) is 200 cm³/mol. The Morgan fingerprint density at radius 1 is 0.879 bits per heavy atom. The van der Waals surface area contributed by atoms with E-state index in [4.69, 9.17) is 24.2 Å². The van der Waals surface area contributed by atoms with Crippen molar-refractivity contribution < 1.29 is 95.6 Å². The van der Waals surface area contributed by atoms with Crippen LogP contribution in [0.2, 0.25) is 5.28 Å². The number of carboxylic acids is 1. The maximum atomic E-state index is 12.4. The molecule has 0 aliphatic rings. The van der Waals surface area contributed by atoms with E-state index in [-0.39, 0.29) is 109 Å². The van der Waals surface area contributed by atoms with E-state index >= 15 is 0 Å². The Balaban J connectivity index is 0.00000185. The number of rotatable bonds is 13. The Labute approximate surface area is 370 Å². The number of aromatic hydroxyl groups is 1. The van der Waals surface area contributed by atoms with Gasteiger partial charge < -0.3 is 20.1 Å². The van der Waals surface area contributed by atoms with Gasteiger partial charge in [-0.05, 0) is 60.0 Å². The van der Waals surface area contributed by atoms with Gasteiger partial charge in [-0.15, -0.1) is 22.9 Å². The minimum Gasteiger partial charge on any atom is -0.744 e. The number of aromatic nitrogens is 3. The smallest absolute Gasteiger partial charge is 0.744 e. The molecule has 0 spiro atoms. The van der Waals surface area contributed by atoms with Crippen LogP contribution in [0.5, 0.6) is 5.75 Å². The summed E-state index contributed by atoms with van der Waals surface area (Å²) in [7, 11) is -11.6. The molecule has 0 aliphatic heterocycles. The molecule has 19 nitrogen and oxygen atoms in total. The molecule has 25 heteroatoms. The van der Waals surface area contributed by atoms with Crippen molar-refractivity contribution in [2.75, 3.05) is 16.5 Å². The number of hydrogen-bond donors (Lipinski definition) is 4. The first-order valence-corrected chi connectivity index (χ1v) is 20.1. The number of nitrogens with one attached hydrogen (secondary N) is 2. The van der Waals surface area contributed by atoms with Crippen molar-refractivity contribution in [2.45, 2.75) is 29.6 Å². The molecule has 0 bridgehead atoms. The average molecular weight is 931 g/mol. The second-order valence-electron chi connectivity index (χ2n) is 11.1. The summed E-state index contributed by atoms with van der Waals surface area (Å²) < 4.78 is 86.5. The molecule has 0 radical (unpaired) electrons. The van der Waals surface area contributed by atoms with E-state index in [1.807, 2.05) is 0 Å². The van der Waals surface area contributed by atoms with Gasteiger partial charge in [0.1, 0.15) is 27.3 Å². The Hall–Kier alpha value is -4.68. The molecular formula is C33H28ClCuN8NaO11S3+. The number of sulfone groups is 1. The number of nitrogens with zero attached hydrogens (tertiary/aromatic N) is 6. The number of phenolic OH excluding ortho intramolecular Hbond substituents is 1. The Morgan fingerprint density at radius 2 is 1.48 bits per heavy atom. The molecule has 1 aromatic heterocycles. The van der Waals surface area contributed by atoms with E-state index in [9.17, 15) is 36.4 Å². The van der Waals surface area contributed by atoms with Crippen LogP contribution in [-0.2, 0) is 54.1 Å². The Bertz CT molecular complexity index is 2640. The largest absolute Gasteiger partial charge is 1.00 e. The number of amidine groups is 1. The Morgan fingerprint density at radius 3 is 2.09 bits per heavy atom. The van der Waals surface area contributed by atoms with Gasteiger partial charge in [-0.2, -0.15) is 15.1 Å². The molecule has 0 aliphatic carbocycles. The fourth-order valence-electron chi connectivity index (χ4n) is 4.65. The fourth-order valence-corrected chi connectivity index (χ4v) is 6.68. The number of azo groups is 1. The maximum absolute atomic E-state index is 12.4. The van der Waals surface area contributed by atoms with E-state index in [0.717, 1.165) is 12.1 Å². The van der Waals surface area contributed by atoms with Gasteiger partial charge in [0, 0.05) is 12.0 Å². The number of carboxylic acid groups (broad SMARTS) is 1. The van der Waals surface area contributed by atoms with Gasteiger partial charge in [0.15, 0.2) is 15.6 Å². The molecule has 5 rings (SSSR count). The van der Waals surface area contributed by atoms with Crippen LogP contribution in [0.25, 0.3) is 0 Å². The van der Waals surface area contributed by atoms with Crippen LogP contribution in [0.4, 0.5) is 23.0 Å². The minimum absolute atomic E-state index is 0. The van der Waals surface area contributed by atoms with Gasteiger partial charge in [0.05, 0.1) is 26.8 Å². The van der Waals surface area contributed by atoms with E-state index in [1.54, 1.807) is 55.5 Å². The van der Waals surface area contributed by atoms with E-state index in [1.165, 1.54) is 30.3 Å². The van der Waals surface area contributed by atoms with Gasteiger partial charge in [-0.1, -0.05) is 61.5 Å². The van der Waals surface area contributed by atoms with Crippen LogP contribution in [0.1, 0.15) is 40.7 Å². The monoisotopic (exact) mass is 929 g/mol. The minimum atomic E-state index is -5.09. The molecule has 5 aromatic rings. The van der Waals surface area contributed by atoms with Crippen molar-refractivity contribution in [3.05, 3.63) is 119 Å². The van der Waals surface area contributed by atoms with Crippen LogP contribution >= 0.6 is 11.6 Å². The van der Waals surface area contributed by atoms with E-state index < -0.39 is 47.2 Å². The summed E-state index contributed by atoms with van der Waals surface area (Å²) in [5, 5.41) is 35.4. The third-order valence-electron chi connectivity index (χ3n) is 7.09. The summed E-state index contributed by atoms with van der Waals surface area (Å²) in [4.78, 5) is 23.4. The number of benzene rings is 4. The van der Waals surface area contributed by atoms with Gasteiger partial charge >= 0.3 is 63.2 Å². The number of carbonyl (C=O) groups is 1. The third-order valence-corrected chi connectivity index (χ3v) is 10.0. The normalized spacial score (nSPS) is 11.3. The van der Waals surface area contributed by atoms with Crippen molar-refractivity contribution in [2.24, 2.45) is 15.3 Å². The molecule has 4 aromatic carbocycles. The number of hydrazone groups is 1. The topological polar surface area (TPSA) is 300 Å². The summed E-state index contributed by atoms with van der Waals surface area (Å²) in [6.45, 7) is 1.77. The number of phenols is 1. The molecule has 0 saturated heterocycles. The first-order chi connectivity index (χ1) is 26.5. The second kappa shape index (κ2) is 22.5. The average Bonchev–Trinajstić information content (AvgIpc) is 3.12. The molecule has 4 N–H and O–H groups in total. The molecule has 0 saturated carbocycles. The number of halogens is 1. The predicted octanol–water partition coefficient (Wildman–Crippen LogP) is 1.91. The van der Waals surface area contributed by atoms with Crippen LogP contribution in [0, 0.1) is 0 Å². The number of aromatic carboxylic acids is 1. The van der Waals surface area contributed by atoms with E-state index in [2.05, 4.69) is 41.0 Å². The summed E-state index contributed by atoms with van der Waals surface area (Å²) in [6, 6.07) is 22.1. The van der Waals surface area contributed by atoms with E-state index in [0.29, 0.717) is 17.5 Å². The zero-order chi connectivity index (χ0) is 41.0. The van der Waals surface area contributed by atoms with Gasteiger partial charge in [-0.25, -0.2) is 26.6 Å². The van der Waals surface area contributed by atoms with Crippen LogP contribution in [0.15, 0.2) is 116 Å². The zero-order valence-corrected chi connectivity index (χ0v) is 36.1. The molecule has 0 fully saturated rings.